The number of nitrogens with two attached hydrogens (primary N) is 3. The molecule has 1 heterocycles. The predicted molar refractivity (Wildman–Crippen MR) is 139 cm³/mol. The van der Waals surface area contributed by atoms with Crippen LogP contribution >= 0.6 is 0 Å². The van der Waals surface area contributed by atoms with Crippen LogP contribution in [-0.2, 0) is 0 Å². The first-order chi connectivity index (χ1) is 16.8. The zero-order chi connectivity index (χ0) is 25.4. The molecule has 1 aromatic carbocycles. The lowest BCUT2D eigenvalue weighted by Gasteiger charge is -2.43. The van der Waals surface area contributed by atoms with Gasteiger partial charge in [-0.2, -0.15) is 15.9 Å². The Hall–Kier alpha value is -4.03. The average molecular weight is 481 g/mol. The van der Waals surface area contributed by atoms with E-state index in [0.717, 1.165) is 31.9 Å². The van der Waals surface area contributed by atoms with Crippen molar-refractivity contribution in [1.82, 2.24) is 9.97 Å². The highest BCUT2D eigenvalue weighted by Crippen LogP contribution is 2.31. The molecule has 3 unspecified atom stereocenters. The molecule has 35 heavy (non-hydrogen) atoms. The molecule has 0 radical (unpaired) electrons. The van der Waals surface area contributed by atoms with Crippen LogP contribution in [0, 0.1) is 5.41 Å². The van der Waals surface area contributed by atoms with Crippen molar-refractivity contribution in [1.29, 1.82) is 5.41 Å². The van der Waals surface area contributed by atoms with Crippen molar-refractivity contribution in [3.8, 4) is 0 Å². The van der Waals surface area contributed by atoms with Crippen LogP contribution < -0.4 is 33.0 Å². The third-order valence-corrected chi connectivity index (χ3v) is 6.14. The number of nitrogens with one attached hydrogen (secondary N) is 3. The number of hydrogen-bond donors (Lipinski definition) is 6. The predicted octanol–water partition coefficient (Wildman–Crippen LogP) is 1.86. The molecular weight excluding hydrogens is 446 g/mol. The number of hydrazone groups is 1. The third kappa shape index (κ3) is 6.31. The fourth-order valence-electron chi connectivity index (χ4n) is 4.41. The van der Waals surface area contributed by atoms with Crippen LogP contribution in [-0.4, -0.2) is 59.1 Å². The van der Waals surface area contributed by atoms with Crippen molar-refractivity contribution < 1.29 is 9.39 Å². The Bertz CT molecular complexity index is 1100. The fourth-order valence-corrected chi connectivity index (χ4v) is 4.41. The largest absolute Gasteiger partial charge is 0.400 e. The normalized spacial score (nSPS) is 19.9. The number of amides is 1. The molecule has 12 heteroatoms. The highest BCUT2D eigenvalue weighted by atomic mass is 16.1. The molecule has 1 aliphatic rings. The standard InChI is InChI=1S/C23H33N11O/c1-33(19-8-3-4-9-20(19)34(2,27)13-11-25)23-28-15-18(21(26)35)22(31-23)30-16-6-5-7-17(14-16)32-29-12-10-24/h5-7,10-15,19-20H,3-4,8-9,25,27H2,1-2H3,(H4-,24,26,28,30,31,32,35)/p+1. The van der Waals surface area contributed by atoms with Crippen molar-refractivity contribution in [2.24, 2.45) is 22.4 Å². The molecule has 1 fully saturated rings. The number of rotatable bonds is 10. The number of quaternary nitrogens is 1. The van der Waals surface area contributed by atoms with Crippen LogP contribution in [0.4, 0.5) is 23.1 Å². The molecule has 2 aromatic rings. The molecule has 0 spiro atoms. The number of hydrogen-bond acceptors (Lipinski definition) is 10. The van der Waals surface area contributed by atoms with Crippen molar-refractivity contribution >= 4 is 41.5 Å². The Labute approximate surface area is 205 Å². The fraction of sp³-hybridized carbons (Fsp3) is 0.348. The minimum atomic E-state index is -0.638. The SMILES string of the molecule is CN(c1ncc(C(N)=O)c(Nc2cccc(NN=CC=N)c2)n1)C1CCCCC1[N+](C)(N)C=CN. The van der Waals surface area contributed by atoms with Gasteiger partial charge in [-0.3, -0.25) is 10.2 Å². The first-order valence-corrected chi connectivity index (χ1v) is 11.4. The van der Waals surface area contributed by atoms with Gasteiger partial charge in [-0.1, -0.05) is 12.5 Å². The second-order valence-electron chi connectivity index (χ2n) is 8.65. The number of nitrogens with zero attached hydrogens (tertiary/aromatic N) is 5. The first-order valence-electron chi connectivity index (χ1n) is 11.4. The van der Waals surface area contributed by atoms with Gasteiger partial charge in [-0.05, 0) is 31.0 Å². The van der Waals surface area contributed by atoms with Gasteiger partial charge in [0, 0.05) is 31.6 Å². The molecule has 0 saturated heterocycles. The molecular formula is C23H34N11O+. The topological polar surface area (TPSA) is 184 Å². The maximum Gasteiger partial charge on any atom is 0.254 e. The van der Waals surface area contributed by atoms with E-state index in [1.165, 1.54) is 18.6 Å². The summed E-state index contributed by atoms with van der Waals surface area (Å²) in [7, 11) is 3.86. The van der Waals surface area contributed by atoms with Crippen molar-refractivity contribution in [2.45, 2.75) is 37.8 Å². The van der Waals surface area contributed by atoms with Crippen LogP contribution in [0.15, 0.2) is 48.0 Å². The molecule has 3 atom stereocenters. The number of primary amides is 1. The lowest BCUT2D eigenvalue weighted by molar-refractivity contribution is -0.899. The van der Waals surface area contributed by atoms with E-state index >= 15 is 0 Å². The Morgan fingerprint density at radius 1 is 1.31 bits per heavy atom. The summed E-state index contributed by atoms with van der Waals surface area (Å²) in [6, 6.07) is 7.43. The summed E-state index contributed by atoms with van der Waals surface area (Å²) >= 11 is 0. The van der Waals surface area contributed by atoms with Gasteiger partial charge in [0.15, 0.2) is 0 Å². The van der Waals surface area contributed by atoms with Crippen LogP contribution in [0.1, 0.15) is 36.0 Å². The lowest BCUT2D eigenvalue weighted by atomic mass is 9.88. The second-order valence-corrected chi connectivity index (χ2v) is 8.65. The summed E-state index contributed by atoms with van der Waals surface area (Å²) in [5.74, 6) is 6.68. The van der Waals surface area contributed by atoms with Crippen LogP contribution in [0.25, 0.3) is 0 Å². The van der Waals surface area contributed by atoms with E-state index in [1.54, 1.807) is 12.3 Å². The monoisotopic (exact) mass is 480 g/mol. The summed E-state index contributed by atoms with van der Waals surface area (Å²) in [4.78, 5) is 23.2. The Kier molecular flexibility index (Phi) is 8.34. The van der Waals surface area contributed by atoms with Crippen molar-refractivity contribution in [2.75, 3.05) is 29.7 Å². The first kappa shape index (κ1) is 25.6. The van der Waals surface area contributed by atoms with E-state index in [4.69, 9.17) is 22.7 Å². The quantitative estimate of drug-likeness (QED) is 0.129. The molecule has 1 amide bonds. The summed E-state index contributed by atoms with van der Waals surface area (Å²) in [6.45, 7) is 0. The third-order valence-electron chi connectivity index (χ3n) is 6.14. The van der Waals surface area contributed by atoms with E-state index in [9.17, 15) is 4.79 Å². The van der Waals surface area contributed by atoms with E-state index in [0.29, 0.717) is 23.1 Å². The highest BCUT2D eigenvalue weighted by molar-refractivity contribution is 6.14. The van der Waals surface area contributed by atoms with Crippen LogP contribution in [0.3, 0.4) is 0 Å². The smallest absolute Gasteiger partial charge is 0.254 e. The molecule has 1 aromatic heterocycles. The molecule has 186 valence electrons. The van der Waals surface area contributed by atoms with Gasteiger partial charge in [0.2, 0.25) is 5.95 Å². The zero-order valence-corrected chi connectivity index (χ0v) is 20.1. The number of carbonyl (C=O) groups is 1. The Balaban J connectivity index is 1.91. The number of aromatic nitrogens is 2. The number of likely N-dealkylation sites (N-methyl/N-ethyl adjacent to an activating group) is 2. The molecule has 12 nitrogen and oxygen atoms in total. The van der Waals surface area contributed by atoms with Crippen LogP contribution in [0.2, 0.25) is 0 Å². The highest BCUT2D eigenvalue weighted by Gasteiger charge is 2.40. The molecule has 1 saturated carbocycles. The maximum absolute atomic E-state index is 12.1. The van der Waals surface area contributed by atoms with E-state index in [1.807, 2.05) is 37.2 Å². The molecule has 0 aliphatic heterocycles. The summed E-state index contributed by atoms with van der Waals surface area (Å²) in [5, 5.41) is 14.1. The summed E-state index contributed by atoms with van der Waals surface area (Å²) in [5.41, 5.74) is 15.6. The molecule has 1 aliphatic carbocycles. The number of benzene rings is 1. The number of anilines is 4. The van der Waals surface area contributed by atoms with Crippen LogP contribution in [0.5, 0.6) is 0 Å². The van der Waals surface area contributed by atoms with Gasteiger partial charge >= 0.3 is 0 Å². The van der Waals surface area contributed by atoms with Gasteiger partial charge < -0.3 is 27.1 Å². The number of carbonyl (C=O) groups excluding carboxylic acids is 1. The van der Waals surface area contributed by atoms with Gasteiger partial charge in [0.05, 0.1) is 31.2 Å². The van der Waals surface area contributed by atoms with Gasteiger partial charge in [-0.25, -0.2) is 9.58 Å². The lowest BCUT2D eigenvalue weighted by Crippen LogP contribution is -2.63. The molecule has 0 bridgehead atoms. The average Bonchev–Trinajstić information content (AvgIpc) is 2.84. The van der Waals surface area contributed by atoms with E-state index in [2.05, 4.69) is 25.8 Å². The minimum absolute atomic E-state index is 0.0708. The second kappa shape index (κ2) is 11.4. The van der Waals surface area contributed by atoms with E-state index < -0.39 is 5.91 Å². The van der Waals surface area contributed by atoms with Gasteiger partial charge in [-0.15, -0.1) is 0 Å². The van der Waals surface area contributed by atoms with Gasteiger partial charge in [0.1, 0.15) is 23.6 Å². The van der Waals surface area contributed by atoms with E-state index in [-0.39, 0.29) is 22.2 Å². The maximum atomic E-state index is 12.1. The van der Waals surface area contributed by atoms with Crippen molar-refractivity contribution in [3.05, 3.63) is 48.4 Å². The molecule has 3 rings (SSSR count). The summed E-state index contributed by atoms with van der Waals surface area (Å²) < 4.78 is 0.163. The van der Waals surface area contributed by atoms with Crippen molar-refractivity contribution in [3.63, 3.8) is 0 Å². The zero-order valence-electron chi connectivity index (χ0n) is 20.1. The minimum Gasteiger partial charge on any atom is -0.400 e. The molecule has 9 N–H and O–H groups in total. The Morgan fingerprint density at radius 3 is 2.77 bits per heavy atom. The van der Waals surface area contributed by atoms with Gasteiger partial charge in [0.25, 0.3) is 5.91 Å². The Morgan fingerprint density at radius 2 is 2.06 bits per heavy atom. The summed E-state index contributed by atoms with van der Waals surface area (Å²) in [6.07, 6.45) is 11.1.